The molecule has 0 aliphatic carbocycles. The Bertz CT molecular complexity index is 965. The van der Waals surface area contributed by atoms with Gasteiger partial charge in [-0.15, -0.1) is 0 Å². The van der Waals surface area contributed by atoms with E-state index in [4.69, 9.17) is 4.74 Å². The number of benzene rings is 2. The van der Waals surface area contributed by atoms with Gasteiger partial charge in [-0.1, -0.05) is 30.3 Å². The number of rotatable bonds is 7. The van der Waals surface area contributed by atoms with Crippen LogP contribution in [0.3, 0.4) is 0 Å². The van der Waals surface area contributed by atoms with Crippen LogP contribution >= 0.6 is 0 Å². The van der Waals surface area contributed by atoms with E-state index in [0.717, 1.165) is 29.1 Å². The second kappa shape index (κ2) is 8.68. The average Bonchev–Trinajstić information content (AvgIpc) is 2.68. The molecule has 3 rings (SSSR count). The molecule has 2 N–H and O–H groups in total. The van der Waals surface area contributed by atoms with Crippen LogP contribution in [-0.4, -0.2) is 23.6 Å². The lowest BCUT2D eigenvalue weighted by Crippen LogP contribution is -2.10. The molecular weight excluding hydrogens is 338 g/mol. The van der Waals surface area contributed by atoms with Gasteiger partial charge in [-0.05, 0) is 37.1 Å². The van der Waals surface area contributed by atoms with Gasteiger partial charge < -0.3 is 15.4 Å². The predicted molar refractivity (Wildman–Crippen MR) is 106 cm³/mol. The van der Waals surface area contributed by atoms with Gasteiger partial charge in [0, 0.05) is 18.3 Å². The fourth-order valence-electron chi connectivity index (χ4n) is 2.76. The third-order valence-corrected chi connectivity index (χ3v) is 4.03. The standard InChI is InChI=1S/C21H21N5O/c1-15-13-20(25-18-9-5-3-8-17(18)14-22)26-21(24-15)23-12-11-16-7-4-6-10-19(16)27-2/h3-10,13H,11-12H2,1-2H3,(H2,23,24,25,26). The lowest BCUT2D eigenvalue weighted by atomic mass is 10.1. The molecule has 6 nitrogen and oxygen atoms in total. The average molecular weight is 359 g/mol. The highest BCUT2D eigenvalue weighted by Gasteiger charge is 2.06. The summed E-state index contributed by atoms with van der Waals surface area (Å²) in [5, 5.41) is 15.7. The first-order chi connectivity index (χ1) is 13.2. The van der Waals surface area contributed by atoms with Crippen molar-refractivity contribution in [3.8, 4) is 11.8 Å². The summed E-state index contributed by atoms with van der Waals surface area (Å²) in [6.07, 6.45) is 0.793. The van der Waals surface area contributed by atoms with Crippen LogP contribution in [0.25, 0.3) is 0 Å². The van der Waals surface area contributed by atoms with Crippen LogP contribution in [0.15, 0.2) is 54.6 Å². The molecule has 2 aromatic carbocycles. The summed E-state index contributed by atoms with van der Waals surface area (Å²) in [5.41, 5.74) is 3.25. The largest absolute Gasteiger partial charge is 0.496 e. The Balaban J connectivity index is 1.69. The Kier molecular flexibility index (Phi) is 5.85. The monoisotopic (exact) mass is 359 g/mol. The molecule has 0 saturated carbocycles. The fourth-order valence-corrected chi connectivity index (χ4v) is 2.76. The van der Waals surface area contributed by atoms with E-state index < -0.39 is 0 Å². The molecule has 1 aromatic heterocycles. The molecule has 0 atom stereocenters. The number of hydrogen-bond acceptors (Lipinski definition) is 6. The molecule has 0 amide bonds. The van der Waals surface area contributed by atoms with Crippen molar-refractivity contribution < 1.29 is 4.74 Å². The summed E-state index contributed by atoms with van der Waals surface area (Å²) >= 11 is 0. The number of nitrogens with zero attached hydrogens (tertiary/aromatic N) is 3. The number of nitrogens with one attached hydrogen (secondary N) is 2. The number of para-hydroxylation sites is 2. The molecule has 27 heavy (non-hydrogen) atoms. The van der Waals surface area contributed by atoms with E-state index >= 15 is 0 Å². The zero-order valence-electron chi connectivity index (χ0n) is 15.4. The van der Waals surface area contributed by atoms with Crippen molar-refractivity contribution >= 4 is 17.5 Å². The van der Waals surface area contributed by atoms with E-state index in [0.29, 0.717) is 23.9 Å². The molecular formula is C21H21N5O. The predicted octanol–water partition coefficient (Wildman–Crippen LogP) is 4.06. The number of anilines is 3. The maximum Gasteiger partial charge on any atom is 0.224 e. The Morgan fingerprint density at radius 2 is 1.85 bits per heavy atom. The van der Waals surface area contributed by atoms with Crippen LogP contribution in [0.4, 0.5) is 17.5 Å². The quantitative estimate of drug-likeness (QED) is 0.662. The minimum atomic E-state index is 0.543. The van der Waals surface area contributed by atoms with Crippen LogP contribution in [0.1, 0.15) is 16.8 Å². The van der Waals surface area contributed by atoms with Crippen LogP contribution in [0.2, 0.25) is 0 Å². The van der Waals surface area contributed by atoms with E-state index in [-0.39, 0.29) is 0 Å². The van der Waals surface area contributed by atoms with Gasteiger partial charge >= 0.3 is 0 Å². The van der Waals surface area contributed by atoms with Crippen molar-refractivity contribution in [3.63, 3.8) is 0 Å². The smallest absolute Gasteiger partial charge is 0.224 e. The first kappa shape index (κ1) is 18.2. The molecule has 0 unspecified atom stereocenters. The highest BCUT2D eigenvalue weighted by molar-refractivity contribution is 5.65. The van der Waals surface area contributed by atoms with Crippen molar-refractivity contribution in [2.24, 2.45) is 0 Å². The topological polar surface area (TPSA) is 82.9 Å². The highest BCUT2D eigenvalue weighted by Crippen LogP contribution is 2.21. The van der Waals surface area contributed by atoms with E-state index in [1.54, 1.807) is 13.2 Å². The van der Waals surface area contributed by atoms with Gasteiger partial charge in [0.2, 0.25) is 5.95 Å². The molecule has 1 heterocycles. The van der Waals surface area contributed by atoms with E-state index in [1.807, 2.05) is 55.5 Å². The minimum Gasteiger partial charge on any atom is -0.496 e. The first-order valence-corrected chi connectivity index (χ1v) is 8.67. The third-order valence-electron chi connectivity index (χ3n) is 4.03. The second-order valence-electron chi connectivity index (χ2n) is 5.99. The number of nitriles is 1. The van der Waals surface area contributed by atoms with Crippen LogP contribution in [-0.2, 0) is 6.42 Å². The van der Waals surface area contributed by atoms with Crippen molar-refractivity contribution in [3.05, 3.63) is 71.4 Å². The van der Waals surface area contributed by atoms with Crippen molar-refractivity contribution in [2.45, 2.75) is 13.3 Å². The number of hydrogen-bond donors (Lipinski definition) is 2. The lowest BCUT2D eigenvalue weighted by molar-refractivity contribution is 0.410. The van der Waals surface area contributed by atoms with Crippen molar-refractivity contribution in [1.29, 1.82) is 5.26 Å². The van der Waals surface area contributed by atoms with Gasteiger partial charge in [0.15, 0.2) is 0 Å². The highest BCUT2D eigenvalue weighted by atomic mass is 16.5. The zero-order chi connectivity index (χ0) is 19.1. The second-order valence-corrected chi connectivity index (χ2v) is 5.99. The molecule has 0 bridgehead atoms. The molecule has 3 aromatic rings. The molecule has 0 radical (unpaired) electrons. The van der Waals surface area contributed by atoms with E-state index in [2.05, 4.69) is 26.7 Å². The lowest BCUT2D eigenvalue weighted by Gasteiger charge is -2.12. The maximum absolute atomic E-state index is 9.23. The molecule has 0 saturated heterocycles. The number of ether oxygens (including phenoxy) is 1. The number of methoxy groups -OCH3 is 1. The van der Waals surface area contributed by atoms with Gasteiger partial charge in [0.05, 0.1) is 18.4 Å². The van der Waals surface area contributed by atoms with Gasteiger partial charge in [-0.3, -0.25) is 0 Å². The molecule has 0 aliphatic rings. The summed E-state index contributed by atoms with van der Waals surface area (Å²) in [5.74, 6) is 2.06. The molecule has 0 fully saturated rings. The van der Waals surface area contributed by atoms with Crippen LogP contribution in [0.5, 0.6) is 5.75 Å². The summed E-state index contributed by atoms with van der Waals surface area (Å²) in [7, 11) is 1.67. The Morgan fingerprint density at radius 3 is 2.67 bits per heavy atom. The third kappa shape index (κ3) is 4.73. The normalized spacial score (nSPS) is 10.1. The SMILES string of the molecule is COc1ccccc1CCNc1nc(C)cc(Nc2ccccc2C#N)n1. The van der Waals surface area contributed by atoms with Crippen LogP contribution in [0, 0.1) is 18.3 Å². The fraction of sp³-hybridized carbons (Fsp3) is 0.190. The van der Waals surface area contributed by atoms with Gasteiger partial charge in [0.1, 0.15) is 17.6 Å². The molecule has 0 aliphatic heterocycles. The van der Waals surface area contributed by atoms with Crippen molar-refractivity contribution in [2.75, 3.05) is 24.3 Å². The van der Waals surface area contributed by atoms with E-state index in [1.165, 1.54) is 0 Å². The Labute approximate surface area is 158 Å². The maximum atomic E-state index is 9.23. The Morgan fingerprint density at radius 1 is 1.07 bits per heavy atom. The van der Waals surface area contributed by atoms with Gasteiger partial charge in [-0.2, -0.15) is 10.2 Å². The number of aryl methyl sites for hydroxylation is 1. The van der Waals surface area contributed by atoms with Crippen LogP contribution < -0.4 is 15.4 Å². The van der Waals surface area contributed by atoms with Crippen molar-refractivity contribution in [1.82, 2.24) is 9.97 Å². The summed E-state index contributed by atoms with van der Waals surface area (Å²) < 4.78 is 5.38. The molecule has 136 valence electrons. The number of aromatic nitrogens is 2. The molecule has 0 spiro atoms. The Hall–Kier alpha value is -3.59. The molecule has 6 heteroatoms. The summed E-state index contributed by atoms with van der Waals surface area (Å²) in [6.45, 7) is 2.59. The summed E-state index contributed by atoms with van der Waals surface area (Å²) in [6, 6.07) is 19.3. The first-order valence-electron chi connectivity index (χ1n) is 8.67. The van der Waals surface area contributed by atoms with E-state index in [9.17, 15) is 5.26 Å². The zero-order valence-corrected chi connectivity index (χ0v) is 15.4. The minimum absolute atomic E-state index is 0.543. The van der Waals surface area contributed by atoms with Gasteiger partial charge in [0.25, 0.3) is 0 Å². The van der Waals surface area contributed by atoms with Gasteiger partial charge in [-0.25, -0.2) is 4.98 Å². The summed E-state index contributed by atoms with van der Waals surface area (Å²) in [4.78, 5) is 8.94.